The normalized spacial score (nSPS) is 17.8. The Morgan fingerprint density at radius 2 is 1.95 bits per heavy atom. The number of anilines is 1. The van der Waals surface area contributed by atoms with Gasteiger partial charge in [0, 0.05) is 31.0 Å². The third-order valence-electron chi connectivity index (χ3n) is 6.36. The van der Waals surface area contributed by atoms with Crippen LogP contribution in [0.5, 0.6) is 5.75 Å². The number of benzene rings is 1. The van der Waals surface area contributed by atoms with E-state index in [1.54, 1.807) is 14.0 Å². The minimum absolute atomic E-state index is 0.0513. The van der Waals surface area contributed by atoms with Gasteiger partial charge in [-0.3, -0.25) is 4.79 Å². The first-order chi connectivity index (χ1) is 17.8. The summed E-state index contributed by atoms with van der Waals surface area (Å²) in [4.78, 5) is 14.7. The van der Waals surface area contributed by atoms with Crippen molar-refractivity contribution in [3.63, 3.8) is 0 Å². The number of nitrogens with one attached hydrogen (secondary N) is 2. The van der Waals surface area contributed by atoms with Gasteiger partial charge in [-0.1, -0.05) is 24.4 Å². The molecule has 7 nitrogen and oxygen atoms in total. The molecule has 0 amide bonds. The van der Waals surface area contributed by atoms with Gasteiger partial charge in [-0.05, 0) is 75.9 Å². The smallest absolute Gasteiger partial charge is 0.387 e. The number of carbonyl (C=O) groups is 1. The molecule has 1 heterocycles. The maximum Gasteiger partial charge on any atom is 0.387 e. The number of ether oxygens (including phenoxy) is 2. The molecule has 1 aliphatic rings. The highest BCUT2D eigenvalue weighted by Gasteiger charge is 2.20. The summed E-state index contributed by atoms with van der Waals surface area (Å²) in [5, 5.41) is 15.4. The number of nitrogens with zero attached hydrogens (tertiary/aromatic N) is 2. The van der Waals surface area contributed by atoms with Crippen molar-refractivity contribution in [1.29, 1.82) is 5.26 Å². The van der Waals surface area contributed by atoms with Gasteiger partial charge in [0.25, 0.3) is 0 Å². The van der Waals surface area contributed by atoms with Crippen LogP contribution >= 0.6 is 11.6 Å². The Hall–Kier alpha value is -2.80. The van der Waals surface area contributed by atoms with Gasteiger partial charge in [0.15, 0.2) is 6.29 Å². The number of hydrogen-bond acceptors (Lipinski definition) is 7. The summed E-state index contributed by atoms with van der Waals surface area (Å²) < 4.78 is 34.7. The van der Waals surface area contributed by atoms with E-state index in [9.17, 15) is 13.6 Å². The van der Waals surface area contributed by atoms with Gasteiger partial charge in [0.2, 0.25) is 0 Å². The average Bonchev–Trinajstić information content (AvgIpc) is 2.89. The Bertz CT molecular complexity index is 1030. The summed E-state index contributed by atoms with van der Waals surface area (Å²) in [5.41, 5.74) is 0.966. The first-order valence-corrected chi connectivity index (χ1v) is 12.7. The van der Waals surface area contributed by atoms with E-state index in [0.29, 0.717) is 23.0 Å². The number of aldehydes is 1. The van der Waals surface area contributed by atoms with E-state index in [0.717, 1.165) is 18.4 Å². The molecule has 2 aromatic rings. The molecule has 1 saturated carbocycles. The Kier molecular flexibility index (Phi) is 13.3. The molecule has 3 rings (SSSR count). The van der Waals surface area contributed by atoms with Crippen molar-refractivity contribution in [2.75, 3.05) is 32.6 Å². The first-order valence-electron chi connectivity index (χ1n) is 12.3. The molecular weight excluding hydrogens is 502 g/mol. The van der Waals surface area contributed by atoms with Gasteiger partial charge < -0.3 is 20.1 Å². The van der Waals surface area contributed by atoms with Gasteiger partial charge in [-0.25, -0.2) is 4.98 Å². The van der Waals surface area contributed by atoms with Gasteiger partial charge >= 0.3 is 6.61 Å². The Labute approximate surface area is 222 Å². The fourth-order valence-corrected chi connectivity index (χ4v) is 4.59. The minimum atomic E-state index is -2.99. The number of carbonyl (C=O) groups excluding carboxylic acids is 1. The lowest BCUT2D eigenvalue weighted by Gasteiger charge is -2.28. The molecule has 0 aliphatic heterocycles. The summed E-state index contributed by atoms with van der Waals surface area (Å²) in [6.45, 7) is 0.844. The minimum Gasteiger partial charge on any atom is -0.434 e. The molecule has 0 saturated heterocycles. The third kappa shape index (κ3) is 10.2. The highest BCUT2D eigenvalue weighted by molar-refractivity contribution is 6.33. The van der Waals surface area contributed by atoms with Crippen molar-refractivity contribution in [2.45, 2.75) is 51.7 Å². The molecule has 0 bridgehead atoms. The Balaban J connectivity index is 0.000000312. The van der Waals surface area contributed by atoms with E-state index in [-0.39, 0.29) is 16.6 Å². The standard InChI is InChI=1S/C16H12ClF2N3O2.C11H23NO/c1-9(22-15-13(17)5-11(8-23)7-21-15)12-4-10(6-20)2-3-14(12)24-16(18)19;1-12-9-11-5-3-10(4-6-11)7-8-13-2/h2-5,7-9,16H,1H3,(H,21,22);10-12H,3-9H2,1-2H3. The number of aromatic nitrogens is 1. The van der Waals surface area contributed by atoms with Crippen LogP contribution in [0.1, 0.15) is 66.6 Å². The van der Waals surface area contributed by atoms with Crippen molar-refractivity contribution >= 4 is 23.7 Å². The molecule has 2 N–H and O–H groups in total. The molecule has 1 unspecified atom stereocenters. The van der Waals surface area contributed by atoms with Crippen molar-refractivity contribution in [3.8, 4) is 11.8 Å². The molecule has 0 spiro atoms. The van der Waals surface area contributed by atoms with Crippen LogP contribution in [0.4, 0.5) is 14.6 Å². The van der Waals surface area contributed by atoms with E-state index in [4.69, 9.17) is 21.6 Å². The zero-order valence-electron chi connectivity index (χ0n) is 21.5. The summed E-state index contributed by atoms with van der Waals surface area (Å²) in [7, 11) is 3.85. The van der Waals surface area contributed by atoms with Crippen LogP contribution in [0.3, 0.4) is 0 Å². The van der Waals surface area contributed by atoms with Crippen LogP contribution in [0.15, 0.2) is 30.5 Å². The number of hydrogen-bond donors (Lipinski definition) is 2. The van der Waals surface area contributed by atoms with Crippen LogP contribution in [-0.2, 0) is 4.74 Å². The molecule has 1 aliphatic carbocycles. The van der Waals surface area contributed by atoms with E-state index < -0.39 is 12.7 Å². The third-order valence-corrected chi connectivity index (χ3v) is 6.65. The molecule has 202 valence electrons. The fourth-order valence-electron chi connectivity index (χ4n) is 4.36. The molecule has 10 heteroatoms. The van der Waals surface area contributed by atoms with E-state index in [2.05, 4.69) is 27.4 Å². The average molecular weight is 537 g/mol. The van der Waals surface area contributed by atoms with E-state index in [1.807, 2.05) is 6.07 Å². The zero-order chi connectivity index (χ0) is 27.2. The quantitative estimate of drug-likeness (QED) is 0.328. The number of nitriles is 1. The maximum atomic E-state index is 12.5. The van der Waals surface area contributed by atoms with Crippen molar-refractivity contribution in [3.05, 3.63) is 52.2 Å². The van der Waals surface area contributed by atoms with Gasteiger partial charge in [-0.15, -0.1) is 0 Å². The van der Waals surface area contributed by atoms with E-state index >= 15 is 0 Å². The lowest BCUT2D eigenvalue weighted by molar-refractivity contribution is -0.0505. The SMILES string of the molecule is CC(Nc1ncc(C=O)cc1Cl)c1cc(C#N)ccc1OC(F)F.CNCC1CCC(CCOC)CC1. The van der Waals surface area contributed by atoms with Crippen molar-refractivity contribution in [1.82, 2.24) is 10.3 Å². The van der Waals surface area contributed by atoms with E-state index in [1.165, 1.54) is 69.1 Å². The molecule has 1 aromatic carbocycles. The number of halogens is 3. The van der Waals surface area contributed by atoms with Crippen LogP contribution in [0, 0.1) is 23.2 Å². The zero-order valence-corrected chi connectivity index (χ0v) is 22.2. The predicted molar refractivity (Wildman–Crippen MR) is 140 cm³/mol. The van der Waals surface area contributed by atoms with Crippen LogP contribution < -0.4 is 15.4 Å². The molecular formula is C27H35ClF2N4O3. The van der Waals surface area contributed by atoms with Crippen LogP contribution in [-0.4, -0.2) is 45.2 Å². The van der Waals surface area contributed by atoms with Gasteiger partial charge in [-0.2, -0.15) is 14.0 Å². The Morgan fingerprint density at radius 1 is 1.24 bits per heavy atom. The second-order valence-electron chi connectivity index (χ2n) is 9.05. The van der Waals surface area contributed by atoms with Gasteiger partial charge in [0.05, 0.1) is 22.7 Å². The van der Waals surface area contributed by atoms with Gasteiger partial charge in [0.1, 0.15) is 11.6 Å². The Morgan fingerprint density at radius 3 is 2.51 bits per heavy atom. The number of alkyl halides is 2. The highest BCUT2D eigenvalue weighted by Crippen LogP contribution is 2.32. The van der Waals surface area contributed by atoms with Crippen LogP contribution in [0.25, 0.3) is 0 Å². The number of methoxy groups -OCH3 is 1. The molecule has 1 fully saturated rings. The maximum absolute atomic E-state index is 12.5. The summed E-state index contributed by atoms with van der Waals surface area (Å²) in [5.74, 6) is 2.10. The monoisotopic (exact) mass is 536 g/mol. The topological polar surface area (TPSA) is 96.3 Å². The predicted octanol–water partition coefficient (Wildman–Crippen LogP) is 6.24. The largest absolute Gasteiger partial charge is 0.434 e. The summed E-state index contributed by atoms with van der Waals surface area (Å²) >= 11 is 6.03. The molecule has 1 atom stereocenters. The van der Waals surface area contributed by atoms with Crippen molar-refractivity contribution < 1.29 is 23.0 Å². The molecule has 0 radical (unpaired) electrons. The van der Waals surface area contributed by atoms with Crippen LogP contribution in [0.2, 0.25) is 5.02 Å². The molecule has 1 aromatic heterocycles. The number of rotatable bonds is 11. The second-order valence-corrected chi connectivity index (χ2v) is 9.46. The first kappa shape index (κ1) is 30.4. The summed E-state index contributed by atoms with van der Waals surface area (Å²) in [6.07, 6.45) is 8.85. The second kappa shape index (κ2) is 16.1. The number of pyridine rings is 1. The fraction of sp³-hybridized carbons (Fsp3) is 0.519. The molecule has 37 heavy (non-hydrogen) atoms. The summed E-state index contributed by atoms with van der Waals surface area (Å²) in [6, 6.07) is 6.99. The lowest BCUT2D eigenvalue weighted by Crippen LogP contribution is -2.24. The lowest BCUT2D eigenvalue weighted by atomic mass is 9.81. The highest BCUT2D eigenvalue weighted by atomic mass is 35.5. The van der Waals surface area contributed by atoms with Crippen molar-refractivity contribution in [2.24, 2.45) is 11.8 Å².